The van der Waals surface area contributed by atoms with Crippen molar-refractivity contribution in [2.75, 3.05) is 12.0 Å². The minimum Gasteiger partial charge on any atom is -0.497 e. The molecule has 2 atom stereocenters. The van der Waals surface area contributed by atoms with Gasteiger partial charge < -0.3 is 13.9 Å². The van der Waals surface area contributed by atoms with Gasteiger partial charge >= 0.3 is 0 Å². The maximum absolute atomic E-state index is 14.0. The molecule has 0 saturated heterocycles. The summed E-state index contributed by atoms with van der Waals surface area (Å²) < 4.78 is 7.92. The lowest BCUT2D eigenvalue weighted by atomic mass is 9.76. The smallest absolute Gasteiger partial charge is 0.260 e. The molecule has 2 heterocycles. The maximum Gasteiger partial charge on any atom is 0.260 e. The first-order chi connectivity index (χ1) is 15.2. The summed E-state index contributed by atoms with van der Waals surface area (Å²) in [5.74, 6) is 1.43. The van der Waals surface area contributed by atoms with Gasteiger partial charge in [0.15, 0.2) is 8.24 Å². The van der Waals surface area contributed by atoms with Crippen LogP contribution in [0.15, 0.2) is 36.7 Å². The Morgan fingerprint density at radius 2 is 1.50 bits per heavy atom. The molecule has 2 aromatic rings. The summed E-state index contributed by atoms with van der Waals surface area (Å²) in [7, 11) is -0.207. The lowest BCUT2D eigenvalue weighted by Crippen LogP contribution is -2.51. The average Bonchev–Trinajstić information content (AvgIpc) is 3.20. The fraction of sp³-hybridized carbons (Fsp3) is 0.593. The molecule has 1 aromatic heterocycles. The second-order valence-electron chi connectivity index (χ2n) is 10.7. The van der Waals surface area contributed by atoms with E-state index >= 15 is 0 Å². The van der Waals surface area contributed by atoms with Crippen LogP contribution in [0.2, 0.25) is 16.6 Å². The van der Waals surface area contributed by atoms with Crippen LogP contribution in [-0.4, -0.2) is 31.5 Å². The number of aromatic nitrogens is 1. The summed E-state index contributed by atoms with van der Waals surface area (Å²) in [6.45, 7) is 14.3. The lowest BCUT2D eigenvalue weighted by Gasteiger charge is -2.44. The third kappa shape index (κ3) is 3.44. The molecular formula is C27H40N2O2Si. The van der Waals surface area contributed by atoms with Gasteiger partial charge in [-0.15, -0.1) is 0 Å². The highest BCUT2D eigenvalue weighted by Gasteiger charge is 2.48. The SMILES string of the molecule is COc1ccc(N2C(=O)c3cn([Si](C(C)C)(C(C)C)C(C)C)cc3C3CCCCC32)cc1. The number of rotatable bonds is 6. The molecule has 4 nitrogen and oxygen atoms in total. The summed E-state index contributed by atoms with van der Waals surface area (Å²) in [6, 6.07) is 8.27. The number of nitrogens with zero attached hydrogens (tertiary/aromatic N) is 2. The summed E-state index contributed by atoms with van der Waals surface area (Å²) in [4.78, 5) is 16.1. The maximum atomic E-state index is 14.0. The van der Waals surface area contributed by atoms with Crippen molar-refractivity contribution < 1.29 is 9.53 Å². The Labute approximate surface area is 195 Å². The van der Waals surface area contributed by atoms with Gasteiger partial charge in [0.05, 0.1) is 12.7 Å². The first-order valence-electron chi connectivity index (χ1n) is 12.4. The van der Waals surface area contributed by atoms with Gasteiger partial charge in [-0.3, -0.25) is 4.79 Å². The van der Waals surface area contributed by atoms with Crippen LogP contribution in [0.5, 0.6) is 5.75 Å². The number of hydrogen-bond acceptors (Lipinski definition) is 2. The van der Waals surface area contributed by atoms with Crippen LogP contribution < -0.4 is 9.64 Å². The fourth-order valence-corrected chi connectivity index (χ4v) is 13.7. The fourth-order valence-electron chi connectivity index (χ4n) is 7.18. The number of anilines is 1. The molecule has 1 aliphatic carbocycles. The van der Waals surface area contributed by atoms with Crippen LogP contribution in [0, 0.1) is 0 Å². The number of benzene rings is 1. The van der Waals surface area contributed by atoms with Gasteiger partial charge in [-0.1, -0.05) is 54.4 Å². The highest BCUT2D eigenvalue weighted by atomic mass is 28.3. The molecule has 1 aliphatic heterocycles. The van der Waals surface area contributed by atoms with Crippen molar-refractivity contribution in [3.05, 3.63) is 47.8 Å². The zero-order valence-electron chi connectivity index (χ0n) is 20.9. The van der Waals surface area contributed by atoms with Crippen molar-refractivity contribution in [2.24, 2.45) is 0 Å². The second kappa shape index (κ2) is 8.73. The highest BCUT2D eigenvalue weighted by molar-refractivity contribution is 6.82. The Hall–Kier alpha value is -2.01. The van der Waals surface area contributed by atoms with E-state index in [-0.39, 0.29) is 11.9 Å². The molecule has 32 heavy (non-hydrogen) atoms. The van der Waals surface area contributed by atoms with Crippen LogP contribution >= 0.6 is 0 Å². The van der Waals surface area contributed by atoms with Gasteiger partial charge in [-0.05, 0) is 65.5 Å². The molecule has 0 spiro atoms. The molecule has 0 radical (unpaired) electrons. The summed E-state index contributed by atoms with van der Waals surface area (Å²) >= 11 is 0. The highest BCUT2D eigenvalue weighted by Crippen LogP contribution is 2.48. The van der Waals surface area contributed by atoms with Crippen molar-refractivity contribution in [2.45, 2.75) is 95.8 Å². The molecule has 0 bridgehead atoms. The molecule has 174 valence electrons. The molecule has 4 rings (SSSR count). The number of carbonyl (C=O) groups is 1. The number of ether oxygens (including phenoxy) is 1. The molecule has 1 aromatic carbocycles. The summed E-state index contributed by atoms with van der Waals surface area (Å²) in [5.41, 5.74) is 5.04. The van der Waals surface area contributed by atoms with Crippen molar-refractivity contribution in [1.29, 1.82) is 0 Å². The van der Waals surface area contributed by atoms with Crippen LogP contribution in [0.25, 0.3) is 0 Å². The van der Waals surface area contributed by atoms with E-state index in [0.717, 1.165) is 23.4 Å². The van der Waals surface area contributed by atoms with E-state index in [4.69, 9.17) is 4.74 Å². The van der Waals surface area contributed by atoms with E-state index in [1.807, 2.05) is 24.3 Å². The van der Waals surface area contributed by atoms with Crippen LogP contribution in [0.4, 0.5) is 5.69 Å². The van der Waals surface area contributed by atoms with Crippen molar-refractivity contribution in [1.82, 2.24) is 4.23 Å². The van der Waals surface area contributed by atoms with Gasteiger partial charge in [0, 0.05) is 23.8 Å². The number of hydrogen-bond donors (Lipinski definition) is 0. The number of fused-ring (bicyclic) bond motifs is 3. The van der Waals surface area contributed by atoms with Gasteiger partial charge in [-0.25, -0.2) is 0 Å². The normalized spacial score (nSPS) is 21.3. The van der Waals surface area contributed by atoms with Crippen molar-refractivity contribution in [3.8, 4) is 5.75 Å². The standard InChI is InChI=1S/C27H40N2O2Si/c1-18(2)32(19(3)4,20(5)6)28-16-24-23-10-8-9-11-26(23)29(27(30)25(24)17-28)21-12-14-22(31-7)15-13-21/h12-20,23,26H,8-11H2,1-7H3. The topological polar surface area (TPSA) is 34.5 Å². The Kier molecular flexibility index (Phi) is 6.32. The molecule has 1 amide bonds. The van der Waals surface area contributed by atoms with Crippen molar-refractivity contribution >= 4 is 19.8 Å². The summed E-state index contributed by atoms with van der Waals surface area (Å²) in [5, 5.41) is 0. The molecule has 5 heteroatoms. The van der Waals surface area contributed by atoms with Crippen molar-refractivity contribution in [3.63, 3.8) is 0 Å². The zero-order chi connectivity index (χ0) is 23.2. The van der Waals surface area contributed by atoms with Gasteiger partial charge in [-0.2, -0.15) is 0 Å². The Morgan fingerprint density at radius 1 is 0.906 bits per heavy atom. The van der Waals surface area contributed by atoms with E-state index in [9.17, 15) is 4.79 Å². The van der Waals surface area contributed by atoms with E-state index in [1.54, 1.807) is 7.11 Å². The Bertz CT molecular complexity index is 939. The first kappa shape index (κ1) is 23.2. The number of methoxy groups -OCH3 is 1. The monoisotopic (exact) mass is 452 g/mol. The molecule has 0 N–H and O–H groups in total. The molecule has 1 fully saturated rings. The van der Waals surface area contributed by atoms with Gasteiger partial charge in [0.2, 0.25) is 0 Å². The lowest BCUT2D eigenvalue weighted by molar-refractivity contribution is 0.0951. The van der Waals surface area contributed by atoms with Crippen LogP contribution in [-0.2, 0) is 0 Å². The molecule has 1 saturated carbocycles. The van der Waals surface area contributed by atoms with E-state index in [0.29, 0.717) is 22.5 Å². The molecular weight excluding hydrogens is 412 g/mol. The summed E-state index contributed by atoms with van der Waals surface area (Å²) in [6.07, 6.45) is 9.34. The predicted octanol–water partition coefficient (Wildman–Crippen LogP) is 7.21. The van der Waals surface area contributed by atoms with E-state index in [2.05, 4.69) is 63.1 Å². The minimum absolute atomic E-state index is 0.172. The van der Waals surface area contributed by atoms with E-state index < -0.39 is 8.24 Å². The quantitative estimate of drug-likeness (QED) is 0.434. The van der Waals surface area contributed by atoms with Crippen LogP contribution in [0.3, 0.4) is 0 Å². The van der Waals surface area contributed by atoms with Gasteiger partial charge in [0.1, 0.15) is 5.75 Å². The van der Waals surface area contributed by atoms with Gasteiger partial charge in [0.25, 0.3) is 5.91 Å². The Morgan fingerprint density at radius 3 is 2.06 bits per heavy atom. The average molecular weight is 453 g/mol. The first-order valence-corrected chi connectivity index (χ1v) is 14.6. The predicted molar refractivity (Wildman–Crippen MR) is 136 cm³/mol. The molecule has 2 unspecified atom stereocenters. The van der Waals surface area contributed by atoms with E-state index in [1.165, 1.54) is 24.8 Å². The second-order valence-corrected chi connectivity index (χ2v) is 16.5. The minimum atomic E-state index is -1.89. The largest absolute Gasteiger partial charge is 0.497 e. The third-order valence-electron chi connectivity index (χ3n) is 8.34. The Balaban J connectivity index is 1.85. The number of carbonyl (C=O) groups excluding carboxylic acids is 1. The zero-order valence-corrected chi connectivity index (χ0v) is 21.9. The number of amides is 1. The van der Waals surface area contributed by atoms with Crippen LogP contribution in [0.1, 0.15) is 89.1 Å². The molecule has 2 aliphatic rings. The third-order valence-corrected chi connectivity index (χ3v) is 15.0.